The number of rotatable bonds is 5. The van der Waals surface area contributed by atoms with E-state index in [9.17, 15) is 0 Å². The van der Waals surface area contributed by atoms with Crippen LogP contribution in [0.2, 0.25) is 0 Å². The molecule has 2 nitrogen and oxygen atoms in total. The lowest BCUT2D eigenvalue weighted by Crippen LogP contribution is -2.21. The average molecular weight is 254 g/mol. The Bertz CT molecular complexity index is 517. The fourth-order valence-electron chi connectivity index (χ4n) is 2.28. The quantitative estimate of drug-likeness (QED) is 0.854. The van der Waals surface area contributed by atoms with Crippen LogP contribution in [-0.4, -0.2) is 6.54 Å². The number of hydrogen-bond acceptors (Lipinski definition) is 2. The van der Waals surface area contributed by atoms with Crippen molar-refractivity contribution in [2.75, 3.05) is 11.9 Å². The zero-order chi connectivity index (χ0) is 13.7. The van der Waals surface area contributed by atoms with E-state index in [-0.39, 0.29) is 6.04 Å². The van der Waals surface area contributed by atoms with Crippen molar-refractivity contribution in [3.05, 3.63) is 65.2 Å². The minimum absolute atomic E-state index is 0.161. The summed E-state index contributed by atoms with van der Waals surface area (Å²) in [5.41, 5.74) is 10.9. The molecule has 0 saturated heterocycles. The van der Waals surface area contributed by atoms with Crippen molar-refractivity contribution in [2.24, 2.45) is 5.73 Å². The summed E-state index contributed by atoms with van der Waals surface area (Å²) >= 11 is 0. The first-order valence-electron chi connectivity index (χ1n) is 6.85. The molecule has 0 saturated carbocycles. The third kappa shape index (κ3) is 3.36. The number of anilines is 1. The second-order valence-electron chi connectivity index (χ2n) is 4.84. The lowest BCUT2D eigenvalue weighted by atomic mass is 10.0. The van der Waals surface area contributed by atoms with Gasteiger partial charge in [-0.2, -0.15) is 0 Å². The summed E-state index contributed by atoms with van der Waals surface area (Å²) < 4.78 is 0. The van der Waals surface area contributed by atoms with Gasteiger partial charge < -0.3 is 11.1 Å². The lowest BCUT2D eigenvalue weighted by molar-refractivity contribution is 0.783. The van der Waals surface area contributed by atoms with E-state index in [2.05, 4.69) is 67.7 Å². The first-order valence-corrected chi connectivity index (χ1v) is 6.85. The van der Waals surface area contributed by atoms with Gasteiger partial charge in [0.2, 0.25) is 0 Å². The molecule has 0 radical (unpaired) electrons. The molecule has 0 heterocycles. The fourth-order valence-corrected chi connectivity index (χ4v) is 2.28. The number of benzene rings is 2. The van der Waals surface area contributed by atoms with E-state index in [1.807, 2.05) is 0 Å². The molecular formula is C17H22N2. The van der Waals surface area contributed by atoms with E-state index in [1.54, 1.807) is 0 Å². The Morgan fingerprint density at radius 2 is 1.74 bits per heavy atom. The van der Waals surface area contributed by atoms with Gasteiger partial charge in [0.15, 0.2) is 0 Å². The van der Waals surface area contributed by atoms with E-state index < -0.39 is 0 Å². The molecule has 0 aliphatic carbocycles. The van der Waals surface area contributed by atoms with Crippen LogP contribution in [0.4, 0.5) is 5.69 Å². The van der Waals surface area contributed by atoms with Crippen molar-refractivity contribution < 1.29 is 0 Å². The first-order chi connectivity index (χ1) is 9.24. The molecule has 0 fully saturated rings. The summed E-state index contributed by atoms with van der Waals surface area (Å²) in [6, 6.07) is 17.1. The second-order valence-corrected chi connectivity index (χ2v) is 4.84. The molecule has 2 rings (SSSR count). The molecule has 0 aromatic heterocycles. The molecule has 0 aliphatic rings. The van der Waals surface area contributed by atoms with E-state index in [4.69, 9.17) is 5.73 Å². The van der Waals surface area contributed by atoms with Crippen molar-refractivity contribution in [1.29, 1.82) is 0 Å². The van der Waals surface area contributed by atoms with Crippen LogP contribution in [0, 0.1) is 6.92 Å². The Morgan fingerprint density at radius 3 is 2.32 bits per heavy atom. The van der Waals surface area contributed by atoms with E-state index >= 15 is 0 Å². The van der Waals surface area contributed by atoms with Crippen molar-refractivity contribution in [3.63, 3.8) is 0 Å². The van der Waals surface area contributed by atoms with Crippen LogP contribution in [0.3, 0.4) is 0 Å². The molecule has 3 N–H and O–H groups in total. The van der Waals surface area contributed by atoms with Crippen molar-refractivity contribution >= 4 is 5.69 Å². The van der Waals surface area contributed by atoms with Gasteiger partial charge >= 0.3 is 0 Å². The molecule has 100 valence electrons. The van der Waals surface area contributed by atoms with Gasteiger partial charge in [0.05, 0.1) is 6.04 Å². The zero-order valence-corrected chi connectivity index (χ0v) is 11.7. The van der Waals surface area contributed by atoms with Crippen molar-refractivity contribution in [1.82, 2.24) is 0 Å². The van der Waals surface area contributed by atoms with Gasteiger partial charge in [-0.1, -0.05) is 43.3 Å². The van der Waals surface area contributed by atoms with Gasteiger partial charge in [0.25, 0.3) is 0 Å². The largest absolute Gasteiger partial charge is 0.377 e. The minimum Gasteiger partial charge on any atom is -0.377 e. The van der Waals surface area contributed by atoms with E-state index in [1.165, 1.54) is 16.7 Å². The summed E-state index contributed by atoms with van der Waals surface area (Å²) in [5, 5.41) is 3.51. The number of aryl methyl sites for hydroxylation is 2. The van der Waals surface area contributed by atoms with Gasteiger partial charge in [-0.3, -0.25) is 0 Å². The maximum Gasteiger partial charge on any atom is 0.0638 e. The third-order valence-electron chi connectivity index (χ3n) is 3.50. The Balaban J connectivity index is 2.17. The molecular weight excluding hydrogens is 232 g/mol. The molecule has 2 aromatic carbocycles. The second kappa shape index (κ2) is 6.39. The highest BCUT2D eigenvalue weighted by Crippen LogP contribution is 2.22. The first kappa shape index (κ1) is 13.6. The van der Waals surface area contributed by atoms with Crippen LogP contribution in [-0.2, 0) is 6.42 Å². The highest BCUT2D eigenvalue weighted by atomic mass is 14.9. The fraction of sp³-hybridized carbons (Fsp3) is 0.294. The number of nitrogens with two attached hydrogens (primary N) is 1. The summed E-state index contributed by atoms with van der Waals surface area (Å²) in [7, 11) is 0. The van der Waals surface area contributed by atoms with Crippen LogP contribution in [0.15, 0.2) is 48.5 Å². The van der Waals surface area contributed by atoms with Gasteiger partial charge in [0, 0.05) is 12.2 Å². The number of hydrogen-bond donors (Lipinski definition) is 2. The SMILES string of the molecule is CCc1ccc(NC(CN)c2ccccc2C)cc1. The van der Waals surface area contributed by atoms with E-state index in [0.29, 0.717) is 6.54 Å². The normalized spacial score (nSPS) is 12.2. The molecule has 0 spiro atoms. The molecule has 0 amide bonds. The molecule has 0 bridgehead atoms. The topological polar surface area (TPSA) is 38.0 Å². The monoisotopic (exact) mass is 254 g/mol. The molecule has 1 atom stereocenters. The summed E-state index contributed by atoms with van der Waals surface area (Å²) in [6.07, 6.45) is 1.07. The van der Waals surface area contributed by atoms with Crippen LogP contribution in [0.25, 0.3) is 0 Å². The Labute approximate surface area is 115 Å². The Kier molecular flexibility index (Phi) is 4.58. The molecule has 1 unspecified atom stereocenters. The molecule has 2 heteroatoms. The van der Waals surface area contributed by atoms with Crippen LogP contribution >= 0.6 is 0 Å². The predicted octanol–water partition coefficient (Wildman–Crippen LogP) is 3.67. The van der Waals surface area contributed by atoms with Gasteiger partial charge in [0.1, 0.15) is 0 Å². The standard InChI is InChI=1S/C17H22N2/c1-3-14-8-10-15(11-9-14)19-17(12-18)16-7-5-4-6-13(16)2/h4-11,17,19H,3,12,18H2,1-2H3. The predicted molar refractivity (Wildman–Crippen MR) is 82.4 cm³/mol. The zero-order valence-electron chi connectivity index (χ0n) is 11.7. The summed E-state index contributed by atoms with van der Waals surface area (Å²) in [6.45, 7) is 4.87. The van der Waals surface area contributed by atoms with Crippen LogP contribution < -0.4 is 11.1 Å². The smallest absolute Gasteiger partial charge is 0.0638 e. The van der Waals surface area contributed by atoms with Crippen molar-refractivity contribution in [2.45, 2.75) is 26.3 Å². The maximum absolute atomic E-state index is 5.92. The molecule has 0 aliphatic heterocycles. The van der Waals surface area contributed by atoms with Gasteiger partial charge in [-0.25, -0.2) is 0 Å². The van der Waals surface area contributed by atoms with Crippen molar-refractivity contribution in [3.8, 4) is 0 Å². The minimum atomic E-state index is 0.161. The molecule has 19 heavy (non-hydrogen) atoms. The Hall–Kier alpha value is -1.80. The van der Waals surface area contributed by atoms with Crippen LogP contribution in [0.5, 0.6) is 0 Å². The maximum atomic E-state index is 5.92. The third-order valence-corrected chi connectivity index (χ3v) is 3.50. The van der Waals surface area contributed by atoms with Gasteiger partial charge in [-0.15, -0.1) is 0 Å². The highest BCUT2D eigenvalue weighted by molar-refractivity contribution is 5.47. The lowest BCUT2D eigenvalue weighted by Gasteiger charge is -2.20. The number of nitrogens with one attached hydrogen (secondary N) is 1. The van der Waals surface area contributed by atoms with Gasteiger partial charge in [-0.05, 0) is 42.2 Å². The highest BCUT2D eigenvalue weighted by Gasteiger charge is 2.11. The van der Waals surface area contributed by atoms with E-state index in [0.717, 1.165) is 12.1 Å². The molecule has 2 aromatic rings. The Morgan fingerprint density at radius 1 is 1.05 bits per heavy atom. The summed E-state index contributed by atoms with van der Waals surface area (Å²) in [5.74, 6) is 0. The average Bonchev–Trinajstić information content (AvgIpc) is 2.46. The summed E-state index contributed by atoms with van der Waals surface area (Å²) in [4.78, 5) is 0. The van der Waals surface area contributed by atoms with Crippen LogP contribution in [0.1, 0.15) is 29.7 Å².